The summed E-state index contributed by atoms with van der Waals surface area (Å²) < 4.78 is 16.6. The number of aliphatic hydroxyl groups is 1. The van der Waals surface area contributed by atoms with Gasteiger partial charge in [0.15, 0.2) is 0 Å². The molecule has 1 amide bonds. The average Bonchev–Trinajstić information content (AvgIpc) is 3.11. The van der Waals surface area contributed by atoms with Crippen molar-refractivity contribution in [3.8, 4) is 11.5 Å². The molecule has 1 aliphatic heterocycles. The Balaban J connectivity index is 1.96. The molecule has 0 bridgehead atoms. The van der Waals surface area contributed by atoms with Gasteiger partial charge in [0.25, 0.3) is 11.7 Å². The van der Waals surface area contributed by atoms with Crippen LogP contribution >= 0.6 is 0 Å². The molecule has 0 saturated carbocycles. The van der Waals surface area contributed by atoms with E-state index in [9.17, 15) is 14.7 Å². The second-order valence-electron chi connectivity index (χ2n) is 8.99. The van der Waals surface area contributed by atoms with Gasteiger partial charge < -0.3 is 24.2 Å². The predicted octanol–water partition coefficient (Wildman–Crippen LogP) is 4.97. The van der Waals surface area contributed by atoms with Crippen molar-refractivity contribution < 1.29 is 28.9 Å². The molecule has 1 unspecified atom stereocenters. The molecule has 1 atom stereocenters. The molecule has 1 heterocycles. The monoisotopic (exact) mass is 481 g/mol. The second kappa shape index (κ2) is 12.4. The molecule has 2 aromatic carbocycles. The number of unbranched alkanes of at least 4 members (excludes halogenated alkanes) is 1. The molecule has 1 aliphatic rings. The first-order chi connectivity index (χ1) is 16.9. The van der Waals surface area contributed by atoms with Gasteiger partial charge in [0.1, 0.15) is 17.3 Å². The number of likely N-dealkylation sites (tertiary alicyclic amines) is 1. The Morgan fingerprint density at radius 2 is 1.60 bits per heavy atom. The molecule has 7 nitrogen and oxygen atoms in total. The van der Waals surface area contributed by atoms with Crippen LogP contribution in [0.1, 0.15) is 50.8 Å². The van der Waals surface area contributed by atoms with E-state index in [2.05, 4.69) is 20.8 Å². The lowest BCUT2D eigenvalue weighted by Crippen LogP contribution is -2.32. The first-order valence-electron chi connectivity index (χ1n) is 12.1. The van der Waals surface area contributed by atoms with Gasteiger partial charge in [-0.1, -0.05) is 39.3 Å². The molecule has 0 aromatic heterocycles. The number of hydrogen-bond donors (Lipinski definition) is 1. The van der Waals surface area contributed by atoms with Crippen molar-refractivity contribution in [2.45, 2.75) is 39.7 Å². The van der Waals surface area contributed by atoms with Crippen molar-refractivity contribution in [3.63, 3.8) is 0 Å². The Morgan fingerprint density at radius 3 is 2.20 bits per heavy atom. The summed E-state index contributed by atoms with van der Waals surface area (Å²) in [6, 6.07) is 13.4. The van der Waals surface area contributed by atoms with E-state index in [4.69, 9.17) is 14.2 Å². The Kier molecular flexibility index (Phi) is 9.32. The van der Waals surface area contributed by atoms with Crippen molar-refractivity contribution in [2.75, 3.05) is 33.5 Å². The maximum Gasteiger partial charge on any atom is 0.295 e. The van der Waals surface area contributed by atoms with Crippen molar-refractivity contribution in [2.24, 2.45) is 5.92 Å². The number of methoxy groups -OCH3 is 1. The van der Waals surface area contributed by atoms with Gasteiger partial charge >= 0.3 is 0 Å². The quantitative estimate of drug-likeness (QED) is 0.199. The summed E-state index contributed by atoms with van der Waals surface area (Å²) in [6.45, 7) is 7.91. The summed E-state index contributed by atoms with van der Waals surface area (Å²) >= 11 is 0. The molecular formula is C28H35NO6. The van der Waals surface area contributed by atoms with Gasteiger partial charge in [0.05, 0.1) is 31.4 Å². The number of rotatable bonds is 12. The normalized spacial score (nSPS) is 17.3. The van der Waals surface area contributed by atoms with Crippen LogP contribution in [0.2, 0.25) is 0 Å². The number of amides is 1. The van der Waals surface area contributed by atoms with E-state index in [-0.39, 0.29) is 24.5 Å². The number of ether oxygens (including phenoxy) is 3. The van der Waals surface area contributed by atoms with Crippen molar-refractivity contribution >= 4 is 17.4 Å². The van der Waals surface area contributed by atoms with Gasteiger partial charge in [-0.25, -0.2) is 0 Å². The van der Waals surface area contributed by atoms with Crippen LogP contribution in [0.5, 0.6) is 11.5 Å². The number of benzene rings is 2. The van der Waals surface area contributed by atoms with Gasteiger partial charge in [-0.3, -0.25) is 9.59 Å². The maximum absolute atomic E-state index is 13.1. The minimum atomic E-state index is -0.730. The van der Waals surface area contributed by atoms with Crippen LogP contribution < -0.4 is 9.47 Å². The van der Waals surface area contributed by atoms with Gasteiger partial charge in [0.2, 0.25) is 0 Å². The molecule has 1 N–H and O–H groups in total. The van der Waals surface area contributed by atoms with Gasteiger partial charge in [0, 0.05) is 19.2 Å². The number of carbonyl (C=O) groups is 2. The fourth-order valence-corrected chi connectivity index (χ4v) is 3.85. The number of Topliss-reactive ketones (excluding diaryl/α,β-unsaturated/α-hetero) is 1. The fourth-order valence-electron chi connectivity index (χ4n) is 3.85. The summed E-state index contributed by atoms with van der Waals surface area (Å²) in [5.41, 5.74) is 1.21. The van der Waals surface area contributed by atoms with Crippen LogP contribution in [-0.2, 0) is 14.3 Å². The van der Waals surface area contributed by atoms with E-state index in [1.807, 2.05) is 24.3 Å². The molecule has 3 rings (SSSR count). The highest BCUT2D eigenvalue weighted by Gasteiger charge is 2.45. The summed E-state index contributed by atoms with van der Waals surface area (Å²) in [5, 5.41) is 11.2. The molecule has 2 aromatic rings. The third-order valence-electron chi connectivity index (χ3n) is 5.75. The Morgan fingerprint density at radius 1 is 0.971 bits per heavy atom. The zero-order chi connectivity index (χ0) is 25.4. The minimum Gasteiger partial charge on any atom is -0.507 e. The Hall–Kier alpha value is -3.32. The van der Waals surface area contributed by atoms with E-state index >= 15 is 0 Å². The highest BCUT2D eigenvalue weighted by Crippen LogP contribution is 2.39. The van der Waals surface area contributed by atoms with Crippen LogP contribution in [0.15, 0.2) is 54.1 Å². The molecule has 0 aliphatic carbocycles. The van der Waals surface area contributed by atoms with E-state index in [0.29, 0.717) is 41.8 Å². The highest BCUT2D eigenvalue weighted by atomic mass is 16.5. The maximum atomic E-state index is 13.1. The van der Waals surface area contributed by atoms with Crippen LogP contribution in [-0.4, -0.2) is 55.2 Å². The first-order valence-corrected chi connectivity index (χ1v) is 12.1. The summed E-state index contributed by atoms with van der Waals surface area (Å²) in [5.74, 6) is 0.182. The van der Waals surface area contributed by atoms with E-state index in [0.717, 1.165) is 12.8 Å². The highest BCUT2D eigenvalue weighted by molar-refractivity contribution is 6.46. The van der Waals surface area contributed by atoms with Crippen molar-refractivity contribution in [1.82, 2.24) is 4.90 Å². The summed E-state index contributed by atoms with van der Waals surface area (Å²) in [4.78, 5) is 27.4. The van der Waals surface area contributed by atoms with E-state index < -0.39 is 17.7 Å². The molecule has 1 fully saturated rings. The third kappa shape index (κ3) is 6.42. The number of ketones is 1. The first kappa shape index (κ1) is 26.3. The van der Waals surface area contributed by atoms with E-state index in [1.165, 1.54) is 12.0 Å². The van der Waals surface area contributed by atoms with Crippen molar-refractivity contribution in [1.29, 1.82) is 0 Å². The molecular weight excluding hydrogens is 446 g/mol. The minimum absolute atomic E-state index is 0.0570. The van der Waals surface area contributed by atoms with Crippen LogP contribution in [0, 0.1) is 5.92 Å². The number of aliphatic hydroxyl groups excluding tert-OH is 1. The third-order valence-corrected chi connectivity index (χ3v) is 5.75. The molecule has 0 radical (unpaired) electrons. The van der Waals surface area contributed by atoms with Gasteiger partial charge in [-0.2, -0.15) is 0 Å². The standard InChI is InChI=1S/C28H35NO6/c1-5-6-16-34-22-11-7-20(8-12-22)25-24(27(31)28(32)29(25)15-17-33-4)26(30)21-9-13-23(14-10-21)35-18-19(2)3/h7-14,19,25,30H,5-6,15-18H2,1-4H3/b26-24-. The van der Waals surface area contributed by atoms with Crippen LogP contribution in [0.3, 0.4) is 0 Å². The average molecular weight is 482 g/mol. The number of nitrogens with zero attached hydrogens (tertiary/aromatic N) is 1. The lowest BCUT2D eigenvalue weighted by atomic mass is 9.95. The molecule has 7 heteroatoms. The Labute approximate surface area is 207 Å². The topological polar surface area (TPSA) is 85.3 Å². The fraction of sp³-hybridized carbons (Fsp3) is 0.429. The van der Waals surface area contributed by atoms with Crippen LogP contribution in [0.4, 0.5) is 0 Å². The molecule has 1 saturated heterocycles. The summed E-state index contributed by atoms with van der Waals surface area (Å²) in [7, 11) is 1.54. The molecule has 188 valence electrons. The van der Waals surface area contributed by atoms with Gasteiger partial charge in [-0.15, -0.1) is 0 Å². The SMILES string of the molecule is CCCCOc1ccc(C2/C(=C(/O)c3ccc(OCC(C)C)cc3)C(=O)C(=O)N2CCOC)cc1. The molecule has 0 spiro atoms. The van der Waals surface area contributed by atoms with Crippen LogP contribution in [0.25, 0.3) is 5.76 Å². The smallest absolute Gasteiger partial charge is 0.295 e. The number of carbonyl (C=O) groups excluding carboxylic acids is 2. The lowest BCUT2D eigenvalue weighted by Gasteiger charge is -2.25. The van der Waals surface area contributed by atoms with Gasteiger partial charge in [-0.05, 0) is 54.3 Å². The predicted molar refractivity (Wildman–Crippen MR) is 135 cm³/mol. The molecule has 35 heavy (non-hydrogen) atoms. The number of hydrogen-bond acceptors (Lipinski definition) is 6. The Bertz CT molecular complexity index is 1030. The second-order valence-corrected chi connectivity index (χ2v) is 8.99. The zero-order valence-electron chi connectivity index (χ0n) is 21.0. The lowest BCUT2D eigenvalue weighted by molar-refractivity contribution is -0.140. The zero-order valence-corrected chi connectivity index (χ0v) is 21.0. The van der Waals surface area contributed by atoms with E-state index in [1.54, 1.807) is 24.3 Å². The largest absolute Gasteiger partial charge is 0.507 e. The summed E-state index contributed by atoms with van der Waals surface area (Å²) in [6.07, 6.45) is 2.00. The van der Waals surface area contributed by atoms with Crippen molar-refractivity contribution in [3.05, 3.63) is 65.2 Å².